The lowest BCUT2D eigenvalue weighted by atomic mass is 10.2. The molecule has 0 heterocycles. The molecule has 0 radical (unpaired) electrons. The van der Waals surface area contributed by atoms with Crippen LogP contribution in [0.3, 0.4) is 0 Å². The smallest absolute Gasteiger partial charge is 0.417 e. The molecule has 0 aromatic heterocycles. The minimum atomic E-state index is -1.75. The van der Waals surface area contributed by atoms with Crippen LogP contribution in [0.4, 0.5) is 0 Å². The van der Waals surface area contributed by atoms with Crippen molar-refractivity contribution in [3.05, 3.63) is 0 Å². The van der Waals surface area contributed by atoms with Crippen LogP contribution < -0.4 is 5.11 Å². The van der Waals surface area contributed by atoms with Crippen LogP contribution in [0.2, 0.25) is 0 Å². The molecule has 0 fully saturated rings. The van der Waals surface area contributed by atoms with E-state index >= 15 is 0 Å². The number of nitrogens with zero attached hydrogens (tertiary/aromatic N) is 1. The standard InChI is InChI=1S/C9H15NO6/c1-10(2,3)5-6(4-7(11)12)16-9(15)8(13)14/h6H,4-5H2,1-3H3,(H-,11,12,13,14). The van der Waals surface area contributed by atoms with Crippen molar-refractivity contribution in [3.63, 3.8) is 0 Å². The summed E-state index contributed by atoms with van der Waals surface area (Å²) in [5.41, 5.74) is 0. The fraction of sp³-hybridized carbons (Fsp3) is 0.667. The molecular formula is C9H15NO6. The predicted octanol–water partition coefficient (Wildman–Crippen LogP) is -2.17. The van der Waals surface area contributed by atoms with Crippen LogP contribution in [-0.2, 0) is 19.1 Å². The largest absolute Gasteiger partial charge is 0.550 e. The van der Waals surface area contributed by atoms with Gasteiger partial charge in [0.25, 0.3) is 0 Å². The van der Waals surface area contributed by atoms with Gasteiger partial charge < -0.3 is 24.2 Å². The SMILES string of the molecule is C[N+](C)(C)CC(CC(=O)[O-])OC(=O)C(=O)O. The molecule has 0 aliphatic heterocycles. The third-order valence-electron chi connectivity index (χ3n) is 1.59. The van der Waals surface area contributed by atoms with Gasteiger partial charge in [-0.3, -0.25) is 0 Å². The van der Waals surface area contributed by atoms with Crippen LogP contribution in [0.25, 0.3) is 0 Å². The molecule has 0 saturated heterocycles. The number of hydrogen-bond donors (Lipinski definition) is 1. The van der Waals surface area contributed by atoms with Crippen molar-refractivity contribution in [2.24, 2.45) is 0 Å². The minimum Gasteiger partial charge on any atom is -0.550 e. The second-order valence-corrected chi connectivity index (χ2v) is 4.38. The Morgan fingerprint density at radius 3 is 2.12 bits per heavy atom. The number of likely N-dealkylation sites (N-methyl/N-ethyl adjacent to an activating group) is 1. The van der Waals surface area contributed by atoms with Gasteiger partial charge in [0.1, 0.15) is 6.54 Å². The summed E-state index contributed by atoms with van der Waals surface area (Å²) in [6.45, 7) is 0.188. The van der Waals surface area contributed by atoms with Crippen molar-refractivity contribution in [1.29, 1.82) is 0 Å². The summed E-state index contributed by atoms with van der Waals surface area (Å²) in [7, 11) is 5.28. The Kier molecular flexibility index (Phi) is 4.90. The Labute approximate surface area is 92.8 Å². The zero-order chi connectivity index (χ0) is 12.9. The van der Waals surface area contributed by atoms with Gasteiger partial charge in [-0.25, -0.2) is 9.59 Å². The molecule has 7 heteroatoms. The Bertz CT molecular complexity index is 293. The van der Waals surface area contributed by atoms with Gasteiger partial charge in [-0.2, -0.15) is 0 Å². The van der Waals surface area contributed by atoms with Crippen molar-refractivity contribution in [3.8, 4) is 0 Å². The quantitative estimate of drug-likeness (QED) is 0.329. The van der Waals surface area contributed by atoms with E-state index in [0.717, 1.165) is 0 Å². The van der Waals surface area contributed by atoms with Crippen molar-refractivity contribution in [1.82, 2.24) is 0 Å². The van der Waals surface area contributed by atoms with Crippen molar-refractivity contribution < 1.29 is 33.8 Å². The van der Waals surface area contributed by atoms with E-state index in [-0.39, 0.29) is 6.54 Å². The molecule has 0 aromatic rings. The monoisotopic (exact) mass is 233 g/mol. The molecule has 0 saturated carbocycles. The lowest BCUT2D eigenvalue weighted by molar-refractivity contribution is -0.873. The van der Waals surface area contributed by atoms with Gasteiger partial charge in [0.15, 0.2) is 6.10 Å². The van der Waals surface area contributed by atoms with Gasteiger partial charge in [0.2, 0.25) is 0 Å². The second-order valence-electron chi connectivity index (χ2n) is 4.38. The average molecular weight is 233 g/mol. The maximum atomic E-state index is 10.8. The maximum Gasteiger partial charge on any atom is 0.417 e. The van der Waals surface area contributed by atoms with Gasteiger partial charge in [0, 0.05) is 12.4 Å². The van der Waals surface area contributed by atoms with Gasteiger partial charge >= 0.3 is 11.9 Å². The fourth-order valence-electron chi connectivity index (χ4n) is 1.14. The number of quaternary nitrogens is 1. The van der Waals surface area contributed by atoms with E-state index in [9.17, 15) is 19.5 Å². The molecule has 0 bridgehead atoms. The van der Waals surface area contributed by atoms with E-state index in [2.05, 4.69) is 4.74 Å². The number of ether oxygens (including phenoxy) is 1. The van der Waals surface area contributed by atoms with Gasteiger partial charge in [-0.05, 0) is 0 Å². The molecule has 0 amide bonds. The molecule has 1 atom stereocenters. The molecule has 0 aliphatic rings. The minimum absolute atomic E-state index is 0.188. The van der Waals surface area contributed by atoms with E-state index < -0.39 is 30.4 Å². The third kappa shape index (κ3) is 6.77. The lowest BCUT2D eigenvalue weighted by Crippen LogP contribution is -2.45. The first kappa shape index (κ1) is 14.4. The zero-order valence-corrected chi connectivity index (χ0v) is 9.43. The highest BCUT2D eigenvalue weighted by atomic mass is 16.6. The molecule has 92 valence electrons. The number of carbonyl (C=O) groups is 3. The number of hydrogen-bond acceptors (Lipinski definition) is 5. The number of aliphatic carboxylic acids is 2. The van der Waals surface area contributed by atoms with Crippen LogP contribution >= 0.6 is 0 Å². The Morgan fingerprint density at radius 1 is 1.31 bits per heavy atom. The normalized spacial score (nSPS) is 12.9. The fourth-order valence-corrected chi connectivity index (χ4v) is 1.14. The first-order chi connectivity index (χ1) is 7.11. The third-order valence-corrected chi connectivity index (χ3v) is 1.59. The molecule has 1 unspecified atom stereocenters. The predicted molar refractivity (Wildman–Crippen MR) is 50.0 cm³/mol. The second kappa shape index (κ2) is 5.45. The molecule has 7 nitrogen and oxygen atoms in total. The van der Waals surface area contributed by atoms with Crippen LogP contribution in [0, 0.1) is 0 Å². The van der Waals surface area contributed by atoms with Crippen LogP contribution in [0.5, 0.6) is 0 Å². The highest BCUT2D eigenvalue weighted by Crippen LogP contribution is 2.04. The number of carbonyl (C=O) groups excluding carboxylic acids is 2. The molecule has 0 aliphatic carbocycles. The van der Waals surface area contributed by atoms with E-state index in [4.69, 9.17) is 5.11 Å². The lowest BCUT2D eigenvalue weighted by Gasteiger charge is -2.28. The first-order valence-electron chi connectivity index (χ1n) is 4.56. The van der Waals surface area contributed by atoms with E-state index in [1.54, 1.807) is 21.1 Å². The van der Waals surface area contributed by atoms with E-state index in [1.165, 1.54) is 0 Å². The Balaban J connectivity index is 4.49. The zero-order valence-electron chi connectivity index (χ0n) is 9.43. The summed E-state index contributed by atoms with van der Waals surface area (Å²) in [6.07, 6.45) is -1.53. The summed E-state index contributed by atoms with van der Waals surface area (Å²) in [4.78, 5) is 31.4. The summed E-state index contributed by atoms with van der Waals surface area (Å²) >= 11 is 0. The molecular weight excluding hydrogens is 218 g/mol. The van der Waals surface area contributed by atoms with Crippen molar-refractivity contribution >= 4 is 17.9 Å². The number of esters is 1. The van der Waals surface area contributed by atoms with Crippen LogP contribution in [0.1, 0.15) is 6.42 Å². The summed E-state index contributed by atoms with van der Waals surface area (Å²) in [5.74, 6) is -4.60. The maximum absolute atomic E-state index is 10.8. The highest BCUT2D eigenvalue weighted by molar-refractivity contribution is 6.28. The van der Waals surface area contributed by atoms with Crippen LogP contribution in [0.15, 0.2) is 0 Å². The number of carboxylic acid groups (broad SMARTS) is 2. The molecule has 16 heavy (non-hydrogen) atoms. The number of rotatable bonds is 5. The first-order valence-corrected chi connectivity index (χ1v) is 4.56. The molecule has 0 rings (SSSR count). The van der Waals surface area contributed by atoms with Crippen molar-refractivity contribution in [2.75, 3.05) is 27.7 Å². The average Bonchev–Trinajstić information content (AvgIpc) is 1.98. The van der Waals surface area contributed by atoms with Crippen molar-refractivity contribution in [2.45, 2.75) is 12.5 Å². The van der Waals surface area contributed by atoms with E-state index in [1.807, 2.05) is 0 Å². The topological polar surface area (TPSA) is 104 Å². The highest BCUT2D eigenvalue weighted by Gasteiger charge is 2.25. The van der Waals surface area contributed by atoms with Gasteiger partial charge in [0.05, 0.1) is 21.1 Å². The van der Waals surface area contributed by atoms with Gasteiger partial charge in [-0.15, -0.1) is 0 Å². The molecule has 0 spiro atoms. The summed E-state index contributed by atoms with van der Waals surface area (Å²) in [6, 6.07) is 0. The molecule has 1 N–H and O–H groups in total. The summed E-state index contributed by atoms with van der Waals surface area (Å²) < 4.78 is 4.86. The van der Waals surface area contributed by atoms with Gasteiger partial charge in [-0.1, -0.05) is 0 Å². The summed E-state index contributed by atoms with van der Waals surface area (Å²) in [5, 5.41) is 18.7. The van der Waals surface area contributed by atoms with Crippen LogP contribution in [-0.4, -0.2) is 61.3 Å². The van der Waals surface area contributed by atoms with E-state index in [0.29, 0.717) is 4.48 Å². The Morgan fingerprint density at radius 2 is 1.81 bits per heavy atom. The number of carboxylic acids is 2. The molecule has 0 aromatic carbocycles. The Hall–Kier alpha value is -1.63.